The second kappa shape index (κ2) is 6.40. The van der Waals surface area contributed by atoms with Crippen LogP contribution in [0.3, 0.4) is 0 Å². The Kier molecular flexibility index (Phi) is 4.79. The number of carboxylic acid groups (broad SMARTS) is 1. The number of piperidine rings is 1. The lowest BCUT2D eigenvalue weighted by molar-refractivity contribution is -0.142. The van der Waals surface area contributed by atoms with E-state index in [1.165, 1.54) is 16.7 Å². The van der Waals surface area contributed by atoms with Crippen LogP contribution in [-0.2, 0) is 15.0 Å². The Hall–Kier alpha value is -1.67. The first-order chi connectivity index (χ1) is 9.98. The molecule has 1 unspecified atom stereocenters. The van der Waals surface area contributed by atoms with Gasteiger partial charge in [-0.1, -0.05) is 0 Å². The molecule has 1 aromatic rings. The van der Waals surface area contributed by atoms with Gasteiger partial charge in [-0.05, 0) is 38.3 Å². The van der Waals surface area contributed by atoms with Gasteiger partial charge in [-0.25, -0.2) is 0 Å². The summed E-state index contributed by atoms with van der Waals surface area (Å²) in [6.07, 6.45) is 4.78. The summed E-state index contributed by atoms with van der Waals surface area (Å²) in [5, 5.41) is 9.26. The summed E-state index contributed by atoms with van der Waals surface area (Å²) in [6.45, 7) is 2.19. The number of carboxylic acids is 1. The molecule has 0 saturated carbocycles. The average molecular weight is 313 g/mol. The Bertz CT molecular complexity index is 591. The van der Waals surface area contributed by atoms with Gasteiger partial charge in [0.15, 0.2) is 0 Å². The van der Waals surface area contributed by atoms with Gasteiger partial charge in [0.25, 0.3) is 0 Å². The van der Waals surface area contributed by atoms with Crippen LogP contribution >= 0.6 is 0 Å². The predicted octanol–water partition coefficient (Wildman–Crippen LogP) is 1.09. The van der Waals surface area contributed by atoms with E-state index >= 15 is 0 Å². The fourth-order valence-corrected chi connectivity index (χ4v) is 4.39. The van der Waals surface area contributed by atoms with E-state index in [2.05, 4.69) is 4.98 Å². The van der Waals surface area contributed by atoms with Gasteiger partial charge in [-0.15, -0.1) is 0 Å². The number of nitrogens with zero attached hydrogens (tertiary/aromatic N) is 3. The Labute approximate surface area is 124 Å². The fraction of sp³-hybridized carbons (Fsp3) is 0.538. The van der Waals surface area contributed by atoms with Crippen LogP contribution in [0.15, 0.2) is 24.5 Å². The van der Waals surface area contributed by atoms with Crippen molar-refractivity contribution in [1.82, 2.24) is 9.29 Å². The minimum atomic E-state index is -3.86. The number of rotatable bonds is 5. The smallest absolute Gasteiger partial charge is 0.322 e. The molecule has 1 aliphatic rings. The quantitative estimate of drug-likeness (QED) is 0.878. The predicted molar refractivity (Wildman–Crippen MR) is 78.2 cm³/mol. The maximum absolute atomic E-state index is 12.8. The molecule has 1 N–H and O–H groups in total. The van der Waals surface area contributed by atoms with Crippen molar-refractivity contribution in [3.8, 4) is 0 Å². The standard InChI is InChI=1S/C13H19N3O4S/c1-2-15(11-6-8-14-9-7-11)21(19,20)16-10-4-3-5-12(16)13(17)18/h6-9,12H,2-5,10H2,1H3,(H,17,18). The SMILES string of the molecule is CCN(c1ccncc1)S(=O)(=O)N1CCCCC1C(=O)O. The van der Waals surface area contributed by atoms with Gasteiger partial charge < -0.3 is 5.11 Å². The number of hydrogen-bond acceptors (Lipinski definition) is 4. The molecule has 116 valence electrons. The van der Waals surface area contributed by atoms with E-state index in [0.717, 1.165) is 10.7 Å². The molecule has 0 spiro atoms. The van der Waals surface area contributed by atoms with E-state index in [-0.39, 0.29) is 13.1 Å². The summed E-state index contributed by atoms with van der Waals surface area (Å²) in [7, 11) is -3.86. The molecule has 1 saturated heterocycles. The van der Waals surface area contributed by atoms with Crippen LogP contribution in [0, 0.1) is 0 Å². The molecule has 0 bridgehead atoms. The van der Waals surface area contributed by atoms with Gasteiger partial charge in [-0.2, -0.15) is 12.7 Å². The molecule has 0 aliphatic carbocycles. The zero-order valence-corrected chi connectivity index (χ0v) is 12.7. The van der Waals surface area contributed by atoms with Crippen molar-refractivity contribution in [3.05, 3.63) is 24.5 Å². The second-order valence-electron chi connectivity index (χ2n) is 4.84. The van der Waals surface area contributed by atoms with Crippen molar-refractivity contribution in [2.45, 2.75) is 32.2 Å². The van der Waals surface area contributed by atoms with Crippen LogP contribution in [0.5, 0.6) is 0 Å². The fourth-order valence-electron chi connectivity index (χ4n) is 2.54. The molecule has 1 aromatic heterocycles. The van der Waals surface area contributed by atoms with E-state index in [1.807, 2.05) is 0 Å². The Morgan fingerprint density at radius 2 is 2.10 bits per heavy atom. The summed E-state index contributed by atoms with van der Waals surface area (Å²) in [4.78, 5) is 15.2. The van der Waals surface area contributed by atoms with E-state index in [4.69, 9.17) is 0 Å². The molecule has 0 amide bonds. The van der Waals surface area contributed by atoms with Gasteiger partial charge in [0, 0.05) is 25.5 Å². The zero-order valence-electron chi connectivity index (χ0n) is 11.8. The number of pyridine rings is 1. The van der Waals surface area contributed by atoms with Crippen molar-refractivity contribution >= 4 is 21.9 Å². The second-order valence-corrected chi connectivity index (χ2v) is 6.64. The number of hydrogen-bond donors (Lipinski definition) is 1. The maximum Gasteiger partial charge on any atom is 0.322 e. The summed E-state index contributed by atoms with van der Waals surface area (Å²) >= 11 is 0. The first kappa shape index (κ1) is 15.7. The zero-order chi connectivity index (χ0) is 15.5. The highest BCUT2D eigenvalue weighted by molar-refractivity contribution is 7.90. The maximum atomic E-state index is 12.8. The summed E-state index contributed by atoms with van der Waals surface area (Å²) in [5.74, 6) is -1.09. The normalized spacial score (nSPS) is 20.1. The van der Waals surface area contributed by atoms with Crippen LogP contribution in [0.25, 0.3) is 0 Å². The molecule has 8 heteroatoms. The molecule has 0 aromatic carbocycles. The van der Waals surface area contributed by atoms with E-state index in [0.29, 0.717) is 18.5 Å². The van der Waals surface area contributed by atoms with Gasteiger partial charge in [-0.3, -0.25) is 14.1 Å². The van der Waals surface area contributed by atoms with Crippen molar-refractivity contribution in [2.24, 2.45) is 0 Å². The molecule has 7 nitrogen and oxygen atoms in total. The third-order valence-corrected chi connectivity index (χ3v) is 5.61. The summed E-state index contributed by atoms with van der Waals surface area (Å²) < 4.78 is 27.9. The van der Waals surface area contributed by atoms with Gasteiger partial charge in [0.05, 0.1) is 5.69 Å². The Morgan fingerprint density at radius 3 is 2.67 bits per heavy atom. The van der Waals surface area contributed by atoms with Crippen LogP contribution in [0.4, 0.5) is 5.69 Å². The van der Waals surface area contributed by atoms with Gasteiger partial charge >= 0.3 is 16.2 Å². The summed E-state index contributed by atoms with van der Waals surface area (Å²) in [5.41, 5.74) is 0.488. The molecule has 2 rings (SSSR count). The van der Waals surface area contributed by atoms with Crippen molar-refractivity contribution < 1.29 is 18.3 Å². The molecule has 2 heterocycles. The lowest BCUT2D eigenvalue weighted by Gasteiger charge is -2.36. The molecule has 1 aliphatic heterocycles. The van der Waals surface area contributed by atoms with Crippen LogP contribution < -0.4 is 4.31 Å². The number of aromatic nitrogens is 1. The van der Waals surface area contributed by atoms with Crippen LogP contribution in [0.2, 0.25) is 0 Å². The third-order valence-electron chi connectivity index (χ3n) is 3.55. The average Bonchev–Trinajstić information content (AvgIpc) is 2.49. The summed E-state index contributed by atoms with van der Waals surface area (Å²) in [6, 6.07) is 2.21. The van der Waals surface area contributed by atoms with Crippen molar-refractivity contribution in [1.29, 1.82) is 0 Å². The lowest BCUT2D eigenvalue weighted by Crippen LogP contribution is -2.53. The van der Waals surface area contributed by atoms with Crippen molar-refractivity contribution in [2.75, 3.05) is 17.4 Å². The first-order valence-corrected chi connectivity index (χ1v) is 8.30. The van der Waals surface area contributed by atoms with E-state index < -0.39 is 22.2 Å². The van der Waals surface area contributed by atoms with Crippen LogP contribution in [-0.4, -0.2) is 47.9 Å². The third kappa shape index (κ3) is 3.16. The largest absolute Gasteiger partial charge is 0.480 e. The van der Waals surface area contributed by atoms with E-state index in [9.17, 15) is 18.3 Å². The number of carbonyl (C=O) groups is 1. The van der Waals surface area contributed by atoms with Crippen LogP contribution in [0.1, 0.15) is 26.2 Å². The molecule has 0 radical (unpaired) electrons. The molecular weight excluding hydrogens is 294 g/mol. The van der Waals surface area contributed by atoms with Crippen molar-refractivity contribution in [3.63, 3.8) is 0 Å². The number of anilines is 1. The highest BCUT2D eigenvalue weighted by atomic mass is 32.2. The molecule has 1 fully saturated rings. The highest BCUT2D eigenvalue weighted by Crippen LogP contribution is 2.26. The Balaban J connectivity index is 2.36. The number of aliphatic carboxylic acids is 1. The molecule has 1 atom stereocenters. The molecule has 21 heavy (non-hydrogen) atoms. The highest BCUT2D eigenvalue weighted by Gasteiger charge is 2.39. The lowest BCUT2D eigenvalue weighted by atomic mass is 10.1. The minimum Gasteiger partial charge on any atom is -0.480 e. The Morgan fingerprint density at radius 1 is 1.43 bits per heavy atom. The topological polar surface area (TPSA) is 90.8 Å². The minimum absolute atomic E-state index is 0.231. The molecular formula is C13H19N3O4S. The van der Waals surface area contributed by atoms with Gasteiger partial charge in [0.1, 0.15) is 6.04 Å². The first-order valence-electron chi connectivity index (χ1n) is 6.90. The van der Waals surface area contributed by atoms with E-state index in [1.54, 1.807) is 19.1 Å². The monoisotopic (exact) mass is 313 g/mol. The van der Waals surface area contributed by atoms with Gasteiger partial charge in [0.2, 0.25) is 0 Å².